The number of aromatic amines is 1. The van der Waals surface area contributed by atoms with E-state index in [0.29, 0.717) is 42.5 Å². The maximum Gasteiger partial charge on any atom is 0.410 e. The second-order valence-corrected chi connectivity index (χ2v) is 8.97. The number of benzene rings is 1. The van der Waals surface area contributed by atoms with E-state index in [1.807, 2.05) is 20.8 Å². The monoisotopic (exact) mass is 441 g/mol. The maximum atomic E-state index is 12.5. The largest absolute Gasteiger partial charge is 0.462 e. The first-order chi connectivity index (χ1) is 15.1. The molecule has 1 N–H and O–H groups in total. The summed E-state index contributed by atoms with van der Waals surface area (Å²) in [7, 11) is 0. The molecular weight excluding hydrogens is 410 g/mol. The number of rotatable bonds is 5. The molecule has 3 rings (SSSR count). The summed E-state index contributed by atoms with van der Waals surface area (Å²) >= 11 is 0. The zero-order chi connectivity index (χ0) is 23.5. The molecule has 8 nitrogen and oxygen atoms in total. The number of nitrogens with zero attached hydrogens (tertiary/aromatic N) is 2. The van der Waals surface area contributed by atoms with Gasteiger partial charge in [0, 0.05) is 31.5 Å². The van der Waals surface area contributed by atoms with Crippen molar-refractivity contribution in [3.63, 3.8) is 0 Å². The molecule has 0 unspecified atom stereocenters. The van der Waals surface area contributed by atoms with Crippen LogP contribution in [0.25, 0.3) is 11.3 Å². The van der Waals surface area contributed by atoms with Crippen molar-refractivity contribution in [2.75, 3.05) is 19.7 Å². The predicted molar refractivity (Wildman–Crippen MR) is 120 cm³/mol. The van der Waals surface area contributed by atoms with Crippen LogP contribution in [0, 0.1) is 0 Å². The van der Waals surface area contributed by atoms with E-state index in [9.17, 15) is 14.4 Å². The van der Waals surface area contributed by atoms with Gasteiger partial charge in [0.2, 0.25) is 0 Å². The van der Waals surface area contributed by atoms with Crippen LogP contribution in [0.1, 0.15) is 80.0 Å². The van der Waals surface area contributed by atoms with Gasteiger partial charge in [-0.15, -0.1) is 0 Å². The van der Waals surface area contributed by atoms with Crippen LogP contribution in [0.3, 0.4) is 0 Å². The van der Waals surface area contributed by atoms with E-state index in [0.717, 1.165) is 18.4 Å². The van der Waals surface area contributed by atoms with Gasteiger partial charge in [-0.25, -0.2) is 14.6 Å². The molecule has 0 radical (unpaired) electrons. The number of hydrogen-bond acceptors (Lipinski definition) is 6. The number of likely N-dealkylation sites (tertiary alicyclic amines) is 1. The summed E-state index contributed by atoms with van der Waals surface area (Å²) in [6.45, 7) is 10.2. The normalized spacial score (nSPS) is 16.5. The molecule has 1 atom stereocenters. The lowest BCUT2D eigenvalue weighted by Crippen LogP contribution is -2.42. The van der Waals surface area contributed by atoms with Crippen LogP contribution in [0.2, 0.25) is 0 Å². The van der Waals surface area contributed by atoms with Gasteiger partial charge >= 0.3 is 12.1 Å². The zero-order valence-electron chi connectivity index (χ0n) is 19.4. The van der Waals surface area contributed by atoms with Crippen molar-refractivity contribution in [3.05, 3.63) is 41.3 Å². The summed E-state index contributed by atoms with van der Waals surface area (Å²) < 4.78 is 10.5. The Kier molecular flexibility index (Phi) is 7.01. The van der Waals surface area contributed by atoms with Crippen LogP contribution < -0.4 is 0 Å². The van der Waals surface area contributed by atoms with E-state index in [4.69, 9.17) is 14.5 Å². The fourth-order valence-electron chi connectivity index (χ4n) is 3.72. The van der Waals surface area contributed by atoms with E-state index in [1.165, 1.54) is 6.92 Å². The Morgan fingerprint density at radius 3 is 2.47 bits per heavy atom. The molecule has 1 aliphatic rings. The van der Waals surface area contributed by atoms with Crippen LogP contribution in [0.4, 0.5) is 4.79 Å². The number of hydrogen-bond donors (Lipinski definition) is 1. The number of carbonyl (C=O) groups is 3. The summed E-state index contributed by atoms with van der Waals surface area (Å²) in [5, 5.41) is 0. The van der Waals surface area contributed by atoms with E-state index in [1.54, 1.807) is 36.1 Å². The van der Waals surface area contributed by atoms with Crippen molar-refractivity contribution in [1.29, 1.82) is 0 Å². The van der Waals surface area contributed by atoms with Gasteiger partial charge < -0.3 is 19.4 Å². The van der Waals surface area contributed by atoms with E-state index in [2.05, 4.69) is 4.98 Å². The Balaban J connectivity index is 1.84. The first-order valence-corrected chi connectivity index (χ1v) is 11.0. The standard InChI is InChI=1S/C24H31N3O5/c1-6-31-22(29)17-11-9-16(10-12-17)20-19(15(2)28)25-21(26-20)18-8-7-13-27(14-18)23(30)32-24(3,4)5/h9-12,18H,6-8,13-14H2,1-5H3,(H,25,26)/t18-/m1/s1. The maximum absolute atomic E-state index is 12.5. The minimum atomic E-state index is -0.556. The van der Waals surface area contributed by atoms with Gasteiger partial charge in [0.1, 0.15) is 17.1 Å². The Hall–Kier alpha value is -3.16. The molecule has 2 heterocycles. The minimum Gasteiger partial charge on any atom is -0.462 e. The molecule has 1 amide bonds. The first kappa shape index (κ1) is 23.5. The highest BCUT2D eigenvalue weighted by molar-refractivity contribution is 5.98. The SMILES string of the molecule is CCOC(=O)c1ccc(-c2nc([C@@H]3CCCN(C(=O)OC(C)(C)C)C3)[nH]c2C(C)=O)cc1. The molecule has 0 saturated carbocycles. The first-order valence-electron chi connectivity index (χ1n) is 11.0. The molecule has 172 valence electrons. The predicted octanol–water partition coefficient (Wildman–Crippen LogP) is 4.57. The van der Waals surface area contributed by atoms with Crippen molar-refractivity contribution >= 4 is 17.8 Å². The van der Waals surface area contributed by atoms with Gasteiger partial charge in [-0.05, 0) is 52.7 Å². The lowest BCUT2D eigenvalue weighted by atomic mass is 9.98. The number of amides is 1. The third-order valence-electron chi connectivity index (χ3n) is 5.20. The molecule has 1 fully saturated rings. The van der Waals surface area contributed by atoms with Crippen LogP contribution in [0.15, 0.2) is 24.3 Å². The van der Waals surface area contributed by atoms with Crippen molar-refractivity contribution in [2.45, 2.75) is 59.0 Å². The fraction of sp³-hybridized carbons (Fsp3) is 0.500. The number of aromatic nitrogens is 2. The van der Waals surface area contributed by atoms with Crippen molar-refractivity contribution in [2.24, 2.45) is 0 Å². The van der Waals surface area contributed by atoms with Gasteiger partial charge in [0.25, 0.3) is 0 Å². The van der Waals surface area contributed by atoms with Gasteiger partial charge in [0.15, 0.2) is 5.78 Å². The Bertz CT molecular complexity index is 988. The number of ether oxygens (including phenoxy) is 2. The van der Waals surface area contributed by atoms with Crippen LogP contribution in [0.5, 0.6) is 0 Å². The molecule has 1 aromatic carbocycles. The Morgan fingerprint density at radius 2 is 1.88 bits per heavy atom. The average molecular weight is 442 g/mol. The summed E-state index contributed by atoms with van der Waals surface area (Å²) in [6.07, 6.45) is 1.34. The molecule has 8 heteroatoms. The van der Waals surface area contributed by atoms with Crippen LogP contribution in [-0.2, 0) is 9.47 Å². The summed E-state index contributed by atoms with van der Waals surface area (Å²) in [5.41, 5.74) is 1.57. The van der Waals surface area contributed by atoms with Gasteiger partial charge in [-0.2, -0.15) is 0 Å². The van der Waals surface area contributed by atoms with E-state index < -0.39 is 11.6 Å². The minimum absolute atomic E-state index is 0.0260. The third kappa shape index (κ3) is 5.55. The molecule has 0 bridgehead atoms. The van der Waals surface area contributed by atoms with Gasteiger partial charge in [-0.1, -0.05) is 12.1 Å². The van der Waals surface area contributed by atoms with Crippen molar-refractivity contribution in [3.8, 4) is 11.3 Å². The summed E-state index contributed by atoms with van der Waals surface area (Å²) in [4.78, 5) is 46.3. The quantitative estimate of drug-likeness (QED) is 0.539. The Labute approximate surface area is 188 Å². The zero-order valence-corrected chi connectivity index (χ0v) is 19.4. The van der Waals surface area contributed by atoms with Crippen molar-refractivity contribution in [1.82, 2.24) is 14.9 Å². The molecule has 2 aromatic rings. The molecular formula is C24H31N3O5. The number of esters is 1. The number of nitrogens with one attached hydrogen (secondary N) is 1. The number of piperidine rings is 1. The number of carbonyl (C=O) groups excluding carboxylic acids is 3. The lowest BCUT2D eigenvalue weighted by molar-refractivity contribution is 0.0195. The highest BCUT2D eigenvalue weighted by Crippen LogP contribution is 2.30. The van der Waals surface area contributed by atoms with Crippen molar-refractivity contribution < 1.29 is 23.9 Å². The summed E-state index contributed by atoms with van der Waals surface area (Å²) in [6, 6.07) is 6.84. The molecule has 1 saturated heterocycles. The number of H-pyrrole nitrogens is 1. The smallest absolute Gasteiger partial charge is 0.410 e. The molecule has 0 aliphatic carbocycles. The highest BCUT2D eigenvalue weighted by atomic mass is 16.6. The molecule has 1 aliphatic heterocycles. The highest BCUT2D eigenvalue weighted by Gasteiger charge is 2.31. The Morgan fingerprint density at radius 1 is 1.19 bits per heavy atom. The lowest BCUT2D eigenvalue weighted by Gasteiger charge is -2.33. The topological polar surface area (TPSA) is 102 Å². The molecule has 32 heavy (non-hydrogen) atoms. The van der Waals surface area contributed by atoms with Gasteiger partial charge in [-0.3, -0.25) is 4.79 Å². The number of ketones is 1. The average Bonchev–Trinajstić information content (AvgIpc) is 3.19. The second-order valence-electron chi connectivity index (χ2n) is 8.97. The number of imidazole rings is 1. The van der Waals surface area contributed by atoms with E-state index in [-0.39, 0.29) is 17.8 Å². The molecule has 0 spiro atoms. The number of Topliss-reactive ketones (excluding diaryl/α,β-unsaturated/α-hetero) is 1. The third-order valence-corrected chi connectivity index (χ3v) is 5.20. The van der Waals surface area contributed by atoms with Gasteiger partial charge in [0.05, 0.1) is 17.9 Å². The summed E-state index contributed by atoms with van der Waals surface area (Å²) in [5.74, 6) is 0.126. The molecule has 1 aromatic heterocycles. The van der Waals surface area contributed by atoms with E-state index >= 15 is 0 Å². The van der Waals surface area contributed by atoms with Crippen LogP contribution in [-0.4, -0.2) is 58.0 Å². The second kappa shape index (κ2) is 9.54. The fourth-order valence-corrected chi connectivity index (χ4v) is 3.72. The van der Waals surface area contributed by atoms with Crippen LogP contribution >= 0.6 is 0 Å².